The van der Waals surface area contributed by atoms with Gasteiger partial charge in [0.15, 0.2) is 0 Å². The number of piperidine rings is 1. The minimum absolute atomic E-state index is 0.0116. The maximum absolute atomic E-state index is 13.2. The van der Waals surface area contributed by atoms with E-state index in [0.717, 1.165) is 37.0 Å². The molecule has 1 atom stereocenters. The van der Waals surface area contributed by atoms with E-state index in [-0.39, 0.29) is 17.9 Å². The number of hydrogen-bond donors (Lipinski definition) is 1. The molecule has 0 spiro atoms. The summed E-state index contributed by atoms with van der Waals surface area (Å²) in [5.74, 6) is 0.674. The third-order valence-corrected chi connectivity index (χ3v) is 8.95. The number of hydrogen-bond acceptors (Lipinski definition) is 4. The quantitative estimate of drug-likeness (QED) is 0.766. The predicted octanol–water partition coefficient (Wildman–Crippen LogP) is 3.61. The molecule has 6 nitrogen and oxygen atoms in total. The number of fused-ring (bicyclic) bond motifs is 2. The fourth-order valence-corrected chi connectivity index (χ4v) is 6.68. The topological polar surface area (TPSA) is 75.7 Å². The molecule has 2 aromatic carbocycles. The molecule has 2 aromatic rings. The van der Waals surface area contributed by atoms with E-state index in [1.807, 2.05) is 36.4 Å². The van der Waals surface area contributed by atoms with Gasteiger partial charge in [0, 0.05) is 31.0 Å². The van der Waals surface area contributed by atoms with Crippen molar-refractivity contribution in [2.45, 2.75) is 55.9 Å². The van der Waals surface area contributed by atoms with Gasteiger partial charge in [0.05, 0.1) is 17.5 Å². The lowest BCUT2D eigenvalue weighted by Gasteiger charge is -2.33. The molecule has 32 heavy (non-hydrogen) atoms. The number of aryl methyl sites for hydroxylation is 2. The zero-order valence-electron chi connectivity index (χ0n) is 18.3. The van der Waals surface area contributed by atoms with Gasteiger partial charge in [0.2, 0.25) is 15.9 Å². The molecule has 1 amide bonds. The predicted molar refractivity (Wildman–Crippen MR) is 122 cm³/mol. The molecule has 0 saturated carbocycles. The first-order valence-electron chi connectivity index (χ1n) is 11.7. The molecule has 1 aliphatic carbocycles. The number of carbonyl (C=O) groups is 1. The highest BCUT2D eigenvalue weighted by Crippen LogP contribution is 2.33. The summed E-state index contributed by atoms with van der Waals surface area (Å²) in [6.07, 6.45) is 6.11. The van der Waals surface area contributed by atoms with Crippen LogP contribution in [0.3, 0.4) is 0 Å². The lowest BCUT2D eigenvalue weighted by atomic mass is 9.92. The molecule has 170 valence electrons. The van der Waals surface area contributed by atoms with Gasteiger partial charge in [-0.25, -0.2) is 8.42 Å². The summed E-state index contributed by atoms with van der Waals surface area (Å²) in [6.45, 7) is 1.34. The van der Waals surface area contributed by atoms with Crippen LogP contribution < -0.4 is 10.1 Å². The van der Waals surface area contributed by atoms with Crippen LogP contribution in [0.15, 0.2) is 47.4 Å². The van der Waals surface area contributed by atoms with Crippen molar-refractivity contribution >= 4 is 15.9 Å². The van der Waals surface area contributed by atoms with Crippen LogP contribution in [0.5, 0.6) is 5.75 Å². The van der Waals surface area contributed by atoms with Crippen molar-refractivity contribution < 1.29 is 17.9 Å². The van der Waals surface area contributed by atoms with Crippen molar-refractivity contribution in [1.82, 2.24) is 9.62 Å². The van der Waals surface area contributed by atoms with E-state index in [0.29, 0.717) is 37.4 Å². The van der Waals surface area contributed by atoms with Gasteiger partial charge in [-0.15, -0.1) is 0 Å². The van der Waals surface area contributed by atoms with Crippen LogP contribution in [0, 0.1) is 5.92 Å². The number of rotatable bonds is 4. The van der Waals surface area contributed by atoms with Crippen molar-refractivity contribution in [1.29, 1.82) is 0 Å². The molecule has 7 heteroatoms. The Bertz CT molecular complexity index is 1110. The molecular formula is C25H30N2O4S. The van der Waals surface area contributed by atoms with E-state index in [1.54, 1.807) is 10.4 Å². The van der Waals surface area contributed by atoms with Crippen LogP contribution in [0.2, 0.25) is 0 Å². The zero-order chi connectivity index (χ0) is 22.1. The molecular weight excluding hydrogens is 424 g/mol. The molecule has 0 aromatic heterocycles. The Kier molecular flexibility index (Phi) is 5.95. The van der Waals surface area contributed by atoms with E-state index < -0.39 is 10.0 Å². The summed E-state index contributed by atoms with van der Waals surface area (Å²) in [5, 5.41) is 3.18. The van der Waals surface area contributed by atoms with Crippen LogP contribution in [-0.2, 0) is 27.7 Å². The number of amides is 1. The average Bonchev–Trinajstić information content (AvgIpc) is 2.84. The van der Waals surface area contributed by atoms with Crippen molar-refractivity contribution in [3.05, 3.63) is 59.2 Å². The average molecular weight is 455 g/mol. The molecule has 1 saturated heterocycles. The number of carbonyl (C=O) groups excluding carboxylic acids is 1. The van der Waals surface area contributed by atoms with Gasteiger partial charge >= 0.3 is 0 Å². The molecule has 0 bridgehead atoms. The zero-order valence-corrected chi connectivity index (χ0v) is 19.1. The lowest BCUT2D eigenvalue weighted by molar-refractivity contribution is -0.127. The molecule has 2 heterocycles. The Balaban J connectivity index is 1.22. The highest BCUT2D eigenvalue weighted by atomic mass is 32.2. The minimum Gasteiger partial charge on any atom is -0.493 e. The highest BCUT2D eigenvalue weighted by Gasteiger charge is 2.34. The van der Waals surface area contributed by atoms with Crippen molar-refractivity contribution in [2.75, 3.05) is 19.7 Å². The smallest absolute Gasteiger partial charge is 0.243 e. The third kappa shape index (κ3) is 4.16. The van der Waals surface area contributed by atoms with Crippen LogP contribution in [0.1, 0.15) is 54.8 Å². The Morgan fingerprint density at radius 2 is 1.72 bits per heavy atom. The van der Waals surface area contributed by atoms with E-state index in [9.17, 15) is 13.2 Å². The van der Waals surface area contributed by atoms with E-state index in [4.69, 9.17) is 4.74 Å². The van der Waals surface area contributed by atoms with E-state index >= 15 is 0 Å². The summed E-state index contributed by atoms with van der Waals surface area (Å²) in [4.78, 5) is 13.3. The number of benzene rings is 2. The van der Waals surface area contributed by atoms with Gasteiger partial charge in [0.1, 0.15) is 5.75 Å². The van der Waals surface area contributed by atoms with Gasteiger partial charge in [0.25, 0.3) is 0 Å². The second-order valence-electron chi connectivity index (χ2n) is 9.05. The Morgan fingerprint density at radius 3 is 2.53 bits per heavy atom. The second-order valence-corrected chi connectivity index (χ2v) is 11.0. The second kappa shape index (κ2) is 8.87. The standard InChI is InChI=1S/C25H30N2O4S/c28-25(26-23-13-16-31-24-8-4-3-7-22(23)24)19-11-14-27(15-12-19)32(29,30)21-10-9-18-5-1-2-6-20(18)17-21/h3-4,7-10,17,19,23H,1-2,5-6,11-16H2,(H,26,28)/t23-/m0/s1. The molecule has 0 radical (unpaired) electrons. The van der Waals surface area contributed by atoms with Gasteiger partial charge in [-0.3, -0.25) is 4.79 Å². The normalized spacial score (nSPS) is 21.8. The fourth-order valence-electron chi connectivity index (χ4n) is 5.16. The molecule has 5 rings (SSSR count). The molecule has 1 N–H and O–H groups in total. The summed E-state index contributed by atoms with van der Waals surface area (Å²) in [6, 6.07) is 13.4. The summed E-state index contributed by atoms with van der Waals surface area (Å²) in [7, 11) is -3.53. The number of ether oxygens (including phenoxy) is 1. The molecule has 2 aliphatic heterocycles. The van der Waals surface area contributed by atoms with E-state index in [1.165, 1.54) is 17.5 Å². The maximum Gasteiger partial charge on any atom is 0.243 e. The van der Waals surface area contributed by atoms with Crippen LogP contribution in [0.4, 0.5) is 0 Å². The Labute approximate surface area is 190 Å². The SMILES string of the molecule is O=C(N[C@H]1CCOc2ccccc21)C1CCN(S(=O)(=O)c2ccc3c(c2)CCCC3)CC1. The van der Waals surface area contributed by atoms with Crippen molar-refractivity contribution in [2.24, 2.45) is 5.92 Å². The first-order valence-corrected chi connectivity index (χ1v) is 13.1. The number of para-hydroxylation sites is 1. The molecule has 3 aliphatic rings. The van der Waals surface area contributed by atoms with Gasteiger partial charge < -0.3 is 10.1 Å². The summed E-state index contributed by atoms with van der Waals surface area (Å²) >= 11 is 0. The highest BCUT2D eigenvalue weighted by molar-refractivity contribution is 7.89. The fraction of sp³-hybridized carbons (Fsp3) is 0.480. The minimum atomic E-state index is -3.53. The first-order chi connectivity index (χ1) is 15.5. The molecule has 1 fully saturated rings. The monoisotopic (exact) mass is 454 g/mol. The van der Waals surface area contributed by atoms with Gasteiger partial charge in [-0.05, 0) is 67.9 Å². The third-order valence-electron chi connectivity index (χ3n) is 7.06. The van der Waals surface area contributed by atoms with Crippen LogP contribution >= 0.6 is 0 Å². The number of nitrogens with zero attached hydrogens (tertiary/aromatic N) is 1. The van der Waals surface area contributed by atoms with Crippen molar-refractivity contribution in [3.63, 3.8) is 0 Å². The molecule has 0 unspecified atom stereocenters. The lowest BCUT2D eigenvalue weighted by Crippen LogP contribution is -2.44. The van der Waals surface area contributed by atoms with Gasteiger partial charge in [-0.2, -0.15) is 4.31 Å². The summed E-state index contributed by atoms with van der Waals surface area (Å²) in [5.41, 5.74) is 3.46. The summed E-state index contributed by atoms with van der Waals surface area (Å²) < 4.78 is 33.7. The Hall–Kier alpha value is -2.38. The first kappa shape index (κ1) is 21.5. The van der Waals surface area contributed by atoms with E-state index in [2.05, 4.69) is 5.32 Å². The van der Waals surface area contributed by atoms with Crippen molar-refractivity contribution in [3.8, 4) is 5.75 Å². The Morgan fingerprint density at radius 1 is 0.969 bits per heavy atom. The largest absolute Gasteiger partial charge is 0.493 e. The van der Waals surface area contributed by atoms with Crippen LogP contribution in [0.25, 0.3) is 0 Å². The number of sulfonamides is 1. The van der Waals surface area contributed by atoms with Crippen LogP contribution in [-0.4, -0.2) is 38.3 Å². The maximum atomic E-state index is 13.2. The number of nitrogens with one attached hydrogen (secondary N) is 1. The van der Waals surface area contributed by atoms with Gasteiger partial charge in [-0.1, -0.05) is 24.3 Å².